The lowest BCUT2D eigenvalue weighted by molar-refractivity contribution is 0.0995. The molecule has 3 aromatic rings. The lowest BCUT2D eigenvalue weighted by Crippen LogP contribution is -2.13. The predicted molar refractivity (Wildman–Crippen MR) is 71.3 cm³/mol. The molecule has 0 radical (unpaired) electrons. The summed E-state index contributed by atoms with van der Waals surface area (Å²) in [5.74, 6) is -0.0971. The highest BCUT2D eigenvalue weighted by atomic mass is 16.5. The summed E-state index contributed by atoms with van der Waals surface area (Å²) in [6.45, 7) is 0. The monoisotopic (exact) mass is 269 g/mol. The van der Waals surface area contributed by atoms with E-state index in [1.165, 1.54) is 12.4 Å². The fourth-order valence-corrected chi connectivity index (χ4v) is 1.90. The highest BCUT2D eigenvalue weighted by Gasteiger charge is 2.12. The Labute approximate surface area is 114 Å². The molecule has 3 aromatic heterocycles. The number of carbonyl (C=O) groups excluding carboxylic acids is 1. The number of hydrogen-bond donors (Lipinski definition) is 1. The third-order valence-electron chi connectivity index (χ3n) is 2.83. The Balaban J connectivity index is 2.15. The molecule has 0 saturated carbocycles. The van der Waals surface area contributed by atoms with E-state index >= 15 is 0 Å². The molecule has 7 heteroatoms. The molecule has 0 aliphatic rings. The fraction of sp³-hybridized carbons (Fsp3) is 0.0769. The van der Waals surface area contributed by atoms with E-state index < -0.39 is 5.91 Å². The zero-order valence-corrected chi connectivity index (χ0v) is 10.6. The van der Waals surface area contributed by atoms with Crippen LogP contribution in [-0.4, -0.2) is 32.4 Å². The van der Waals surface area contributed by atoms with Crippen molar-refractivity contribution in [3.8, 4) is 17.1 Å². The van der Waals surface area contributed by atoms with Crippen LogP contribution in [-0.2, 0) is 0 Å². The van der Waals surface area contributed by atoms with Crippen LogP contribution in [0.2, 0.25) is 0 Å². The van der Waals surface area contributed by atoms with Gasteiger partial charge in [-0.05, 0) is 12.1 Å². The van der Waals surface area contributed by atoms with Gasteiger partial charge >= 0.3 is 0 Å². The van der Waals surface area contributed by atoms with Crippen molar-refractivity contribution in [3.05, 3.63) is 42.6 Å². The molecule has 0 atom stereocenters. The molecule has 0 aliphatic heterocycles. The van der Waals surface area contributed by atoms with E-state index in [0.29, 0.717) is 17.2 Å². The van der Waals surface area contributed by atoms with Gasteiger partial charge in [0.1, 0.15) is 5.69 Å². The normalized spacial score (nSPS) is 10.7. The van der Waals surface area contributed by atoms with E-state index in [9.17, 15) is 4.79 Å². The second-order valence-electron chi connectivity index (χ2n) is 4.09. The minimum atomic E-state index is -0.582. The molecule has 100 valence electrons. The number of nitrogens with zero attached hydrogens (tertiary/aromatic N) is 4. The first kappa shape index (κ1) is 12.1. The van der Waals surface area contributed by atoms with Gasteiger partial charge in [-0.2, -0.15) is 0 Å². The number of ether oxygens (including phenoxy) is 1. The molecule has 2 N–H and O–H groups in total. The number of amides is 1. The molecule has 3 rings (SSSR count). The lowest BCUT2D eigenvalue weighted by Gasteiger charge is -2.02. The SMILES string of the molecule is COc1ncccc1-c1cn2cc(C(N)=O)ncc2n1. The number of fused-ring (bicyclic) bond motifs is 1. The molecule has 3 heterocycles. The Morgan fingerprint density at radius 3 is 2.95 bits per heavy atom. The maximum Gasteiger partial charge on any atom is 0.268 e. The zero-order valence-electron chi connectivity index (χ0n) is 10.6. The van der Waals surface area contributed by atoms with Gasteiger partial charge in [0.2, 0.25) is 5.88 Å². The van der Waals surface area contributed by atoms with Gasteiger partial charge in [-0.15, -0.1) is 0 Å². The number of carbonyl (C=O) groups is 1. The van der Waals surface area contributed by atoms with E-state index in [1.54, 1.807) is 30.0 Å². The van der Waals surface area contributed by atoms with E-state index in [4.69, 9.17) is 10.5 Å². The van der Waals surface area contributed by atoms with Gasteiger partial charge in [-0.1, -0.05) is 0 Å². The fourth-order valence-electron chi connectivity index (χ4n) is 1.90. The van der Waals surface area contributed by atoms with Crippen molar-refractivity contribution in [1.29, 1.82) is 0 Å². The van der Waals surface area contributed by atoms with Gasteiger partial charge in [0, 0.05) is 18.6 Å². The summed E-state index contributed by atoms with van der Waals surface area (Å²) in [6, 6.07) is 3.66. The average Bonchev–Trinajstić information content (AvgIpc) is 2.89. The number of nitrogens with two attached hydrogens (primary N) is 1. The molecule has 0 saturated heterocycles. The Morgan fingerprint density at radius 2 is 2.20 bits per heavy atom. The summed E-state index contributed by atoms with van der Waals surface area (Å²) in [5, 5.41) is 0. The maximum absolute atomic E-state index is 11.1. The lowest BCUT2D eigenvalue weighted by atomic mass is 10.2. The average molecular weight is 269 g/mol. The van der Waals surface area contributed by atoms with Gasteiger partial charge in [0.05, 0.1) is 24.6 Å². The third kappa shape index (κ3) is 1.95. The first-order chi connectivity index (χ1) is 9.69. The number of hydrogen-bond acceptors (Lipinski definition) is 5. The van der Waals surface area contributed by atoms with E-state index in [1.807, 2.05) is 6.07 Å². The van der Waals surface area contributed by atoms with Gasteiger partial charge in [0.15, 0.2) is 5.65 Å². The topological polar surface area (TPSA) is 95.4 Å². The highest BCUT2D eigenvalue weighted by Crippen LogP contribution is 2.26. The summed E-state index contributed by atoms with van der Waals surface area (Å²) in [7, 11) is 1.55. The first-order valence-electron chi connectivity index (χ1n) is 5.83. The highest BCUT2D eigenvalue weighted by molar-refractivity contribution is 5.90. The summed E-state index contributed by atoms with van der Waals surface area (Å²) in [5.41, 5.74) is 7.43. The number of aromatic nitrogens is 4. The number of methoxy groups -OCH3 is 1. The molecule has 0 fully saturated rings. The van der Waals surface area contributed by atoms with Crippen molar-refractivity contribution in [1.82, 2.24) is 19.4 Å². The molecular weight excluding hydrogens is 258 g/mol. The number of primary amides is 1. The Bertz CT molecular complexity index is 796. The molecule has 7 nitrogen and oxygen atoms in total. The maximum atomic E-state index is 11.1. The second-order valence-corrected chi connectivity index (χ2v) is 4.09. The molecule has 1 amide bonds. The van der Waals surface area contributed by atoms with Gasteiger partial charge in [-0.3, -0.25) is 4.79 Å². The molecule has 0 spiro atoms. The van der Waals surface area contributed by atoms with Crippen LogP contribution in [0.3, 0.4) is 0 Å². The van der Waals surface area contributed by atoms with Crippen molar-refractivity contribution >= 4 is 11.6 Å². The Hall–Kier alpha value is -2.96. The zero-order chi connectivity index (χ0) is 14.1. The molecule has 20 heavy (non-hydrogen) atoms. The van der Waals surface area contributed by atoms with Crippen molar-refractivity contribution in [2.24, 2.45) is 5.73 Å². The smallest absolute Gasteiger partial charge is 0.268 e. The first-order valence-corrected chi connectivity index (χ1v) is 5.83. The molecular formula is C13H11N5O2. The van der Waals surface area contributed by atoms with Crippen molar-refractivity contribution in [2.75, 3.05) is 7.11 Å². The van der Waals surface area contributed by atoms with Crippen LogP contribution in [0.4, 0.5) is 0 Å². The van der Waals surface area contributed by atoms with Crippen LogP contribution < -0.4 is 10.5 Å². The molecule has 0 unspecified atom stereocenters. The van der Waals surface area contributed by atoms with Crippen LogP contribution in [0.1, 0.15) is 10.5 Å². The van der Waals surface area contributed by atoms with E-state index in [-0.39, 0.29) is 5.69 Å². The summed E-state index contributed by atoms with van der Waals surface area (Å²) >= 11 is 0. The number of rotatable bonds is 3. The van der Waals surface area contributed by atoms with Crippen LogP contribution >= 0.6 is 0 Å². The number of imidazole rings is 1. The third-order valence-corrected chi connectivity index (χ3v) is 2.83. The summed E-state index contributed by atoms with van der Waals surface area (Å²) < 4.78 is 6.90. The minimum absolute atomic E-state index is 0.180. The van der Waals surface area contributed by atoms with Crippen LogP contribution in [0.15, 0.2) is 36.9 Å². The van der Waals surface area contributed by atoms with Gasteiger partial charge in [0.25, 0.3) is 5.91 Å². The summed E-state index contributed by atoms with van der Waals surface area (Å²) in [6.07, 6.45) is 6.44. The van der Waals surface area contributed by atoms with E-state index in [2.05, 4.69) is 15.0 Å². The van der Waals surface area contributed by atoms with Crippen molar-refractivity contribution < 1.29 is 9.53 Å². The Kier molecular flexibility index (Phi) is 2.79. The van der Waals surface area contributed by atoms with E-state index in [0.717, 1.165) is 5.56 Å². The van der Waals surface area contributed by atoms with Crippen LogP contribution in [0.5, 0.6) is 5.88 Å². The predicted octanol–water partition coefficient (Wildman–Crippen LogP) is 0.899. The molecule has 0 bridgehead atoms. The van der Waals surface area contributed by atoms with Gasteiger partial charge in [-0.25, -0.2) is 15.0 Å². The second kappa shape index (κ2) is 4.61. The number of pyridine rings is 1. The molecule has 0 aliphatic carbocycles. The van der Waals surface area contributed by atoms with Crippen molar-refractivity contribution in [2.45, 2.75) is 0 Å². The summed E-state index contributed by atoms with van der Waals surface area (Å²) in [4.78, 5) is 23.6. The van der Waals surface area contributed by atoms with Crippen LogP contribution in [0, 0.1) is 0 Å². The largest absolute Gasteiger partial charge is 0.481 e. The van der Waals surface area contributed by atoms with Crippen LogP contribution in [0.25, 0.3) is 16.9 Å². The standard InChI is InChI=1S/C13H11N5O2/c1-20-13-8(3-2-4-15-13)9-6-18-7-10(12(14)19)16-5-11(18)17-9/h2-7H,1H3,(H2,14,19). The minimum Gasteiger partial charge on any atom is -0.481 e. The molecule has 0 aromatic carbocycles. The van der Waals surface area contributed by atoms with Gasteiger partial charge < -0.3 is 14.9 Å². The van der Waals surface area contributed by atoms with Crippen molar-refractivity contribution in [3.63, 3.8) is 0 Å². The Morgan fingerprint density at radius 1 is 1.35 bits per heavy atom. The quantitative estimate of drug-likeness (QED) is 0.762.